The van der Waals surface area contributed by atoms with Gasteiger partial charge >= 0.3 is 0 Å². The third-order valence-corrected chi connectivity index (χ3v) is 3.54. The molecule has 0 bridgehead atoms. The first-order valence-electron chi connectivity index (χ1n) is 6.93. The van der Waals surface area contributed by atoms with E-state index in [1.165, 1.54) is 16.7 Å². The highest BCUT2D eigenvalue weighted by atomic mass is 15.0. The smallest absolute Gasteiger partial charge is 0.121 e. The molecule has 0 amide bonds. The number of fused-ring (bicyclic) bond motifs is 1. The number of nitrogens with zero attached hydrogens (tertiary/aromatic N) is 1. The molecule has 0 aliphatic carbocycles. The van der Waals surface area contributed by atoms with Crippen LogP contribution in [0.5, 0.6) is 0 Å². The highest BCUT2D eigenvalue weighted by molar-refractivity contribution is 5.74. The van der Waals surface area contributed by atoms with Crippen molar-refractivity contribution in [3.05, 3.63) is 65.0 Å². The number of benzene rings is 2. The molecule has 0 saturated heterocycles. The van der Waals surface area contributed by atoms with E-state index in [0.717, 1.165) is 29.9 Å². The van der Waals surface area contributed by atoms with Crippen molar-refractivity contribution >= 4 is 11.0 Å². The molecule has 1 aromatic heterocycles. The summed E-state index contributed by atoms with van der Waals surface area (Å²) in [5.41, 5.74) is 6.10. The molecule has 3 rings (SSSR count). The second-order valence-corrected chi connectivity index (χ2v) is 5.23. The summed E-state index contributed by atoms with van der Waals surface area (Å²) in [6.45, 7) is 5.90. The van der Waals surface area contributed by atoms with Crippen molar-refractivity contribution in [2.24, 2.45) is 0 Å². The summed E-state index contributed by atoms with van der Waals surface area (Å²) in [4.78, 5) is 7.89. The Kier molecular flexibility index (Phi) is 3.52. The van der Waals surface area contributed by atoms with Crippen molar-refractivity contribution < 1.29 is 0 Å². The quantitative estimate of drug-likeness (QED) is 0.758. The second kappa shape index (κ2) is 5.47. The van der Waals surface area contributed by atoms with Gasteiger partial charge in [-0.25, -0.2) is 4.98 Å². The Balaban J connectivity index is 1.64. The number of rotatable bonds is 4. The van der Waals surface area contributed by atoms with Crippen LogP contribution in [-0.2, 0) is 13.1 Å². The van der Waals surface area contributed by atoms with Gasteiger partial charge in [-0.1, -0.05) is 35.9 Å². The topological polar surface area (TPSA) is 40.7 Å². The van der Waals surface area contributed by atoms with Gasteiger partial charge < -0.3 is 10.3 Å². The minimum atomic E-state index is 0.752. The lowest BCUT2D eigenvalue weighted by atomic mass is 10.1. The number of aromatic nitrogens is 2. The van der Waals surface area contributed by atoms with Gasteiger partial charge in [0.1, 0.15) is 5.82 Å². The number of H-pyrrole nitrogens is 1. The largest absolute Gasteiger partial charge is 0.341 e. The van der Waals surface area contributed by atoms with Crippen molar-refractivity contribution in [2.75, 3.05) is 0 Å². The highest BCUT2D eigenvalue weighted by Gasteiger charge is 2.02. The highest BCUT2D eigenvalue weighted by Crippen LogP contribution is 2.12. The summed E-state index contributed by atoms with van der Waals surface area (Å²) in [7, 11) is 0. The molecule has 102 valence electrons. The number of imidazole rings is 1. The van der Waals surface area contributed by atoms with E-state index < -0.39 is 0 Å². The van der Waals surface area contributed by atoms with Gasteiger partial charge in [-0.15, -0.1) is 0 Å². The average Bonchev–Trinajstić information content (AvgIpc) is 2.84. The van der Waals surface area contributed by atoms with Gasteiger partial charge in [0.05, 0.1) is 17.6 Å². The molecule has 0 atom stereocenters. The second-order valence-electron chi connectivity index (χ2n) is 5.23. The molecular weight excluding hydrogens is 246 g/mol. The Morgan fingerprint density at radius 1 is 1.05 bits per heavy atom. The molecule has 20 heavy (non-hydrogen) atoms. The Bertz CT molecular complexity index is 695. The van der Waals surface area contributed by atoms with E-state index >= 15 is 0 Å². The number of para-hydroxylation sites is 2. The van der Waals surface area contributed by atoms with Gasteiger partial charge in [0.25, 0.3) is 0 Å². The summed E-state index contributed by atoms with van der Waals surface area (Å²) < 4.78 is 0. The van der Waals surface area contributed by atoms with E-state index in [9.17, 15) is 0 Å². The van der Waals surface area contributed by atoms with Crippen molar-refractivity contribution in [1.82, 2.24) is 15.3 Å². The van der Waals surface area contributed by atoms with Crippen LogP contribution in [0.1, 0.15) is 22.5 Å². The first-order valence-corrected chi connectivity index (χ1v) is 6.93. The Morgan fingerprint density at radius 3 is 2.70 bits per heavy atom. The zero-order valence-corrected chi connectivity index (χ0v) is 11.9. The predicted molar refractivity (Wildman–Crippen MR) is 82.6 cm³/mol. The molecule has 3 nitrogen and oxygen atoms in total. The lowest BCUT2D eigenvalue weighted by Crippen LogP contribution is -2.14. The fraction of sp³-hybridized carbons (Fsp3) is 0.235. The fourth-order valence-electron chi connectivity index (χ4n) is 2.45. The molecule has 0 radical (unpaired) electrons. The van der Waals surface area contributed by atoms with Gasteiger partial charge in [-0.3, -0.25) is 0 Å². The van der Waals surface area contributed by atoms with E-state index in [-0.39, 0.29) is 0 Å². The molecule has 0 unspecified atom stereocenters. The van der Waals surface area contributed by atoms with Crippen LogP contribution in [0.15, 0.2) is 42.5 Å². The predicted octanol–water partition coefficient (Wildman–Crippen LogP) is 3.47. The number of aromatic amines is 1. The Hall–Kier alpha value is -2.13. The van der Waals surface area contributed by atoms with Crippen LogP contribution in [0, 0.1) is 13.8 Å². The van der Waals surface area contributed by atoms with Gasteiger partial charge in [0, 0.05) is 6.54 Å². The lowest BCUT2D eigenvalue weighted by Gasteiger charge is -2.07. The van der Waals surface area contributed by atoms with Crippen LogP contribution < -0.4 is 5.32 Å². The van der Waals surface area contributed by atoms with Crippen LogP contribution in [0.25, 0.3) is 11.0 Å². The molecule has 3 heteroatoms. The summed E-state index contributed by atoms with van der Waals surface area (Å²) >= 11 is 0. The third kappa shape index (κ3) is 2.73. The summed E-state index contributed by atoms with van der Waals surface area (Å²) in [5, 5.41) is 3.45. The van der Waals surface area contributed by atoms with Crippen LogP contribution >= 0.6 is 0 Å². The van der Waals surface area contributed by atoms with E-state index in [0.29, 0.717) is 0 Å². The zero-order valence-electron chi connectivity index (χ0n) is 11.9. The standard InChI is InChI=1S/C17H19N3/c1-12-7-8-14(13(2)9-12)10-18-11-17-19-15-5-3-4-6-16(15)20-17/h3-9,18H,10-11H2,1-2H3,(H,19,20). The number of hydrogen-bond donors (Lipinski definition) is 2. The van der Waals surface area contributed by atoms with Crippen LogP contribution in [0.2, 0.25) is 0 Å². The van der Waals surface area contributed by atoms with E-state index in [1.807, 2.05) is 18.2 Å². The molecule has 1 heterocycles. The monoisotopic (exact) mass is 265 g/mol. The molecule has 2 N–H and O–H groups in total. The maximum Gasteiger partial charge on any atom is 0.121 e. The minimum absolute atomic E-state index is 0.752. The molecule has 3 aromatic rings. The van der Waals surface area contributed by atoms with E-state index in [4.69, 9.17) is 0 Å². The average molecular weight is 265 g/mol. The SMILES string of the molecule is Cc1ccc(CNCc2nc3ccccc3[nH]2)c(C)c1. The first-order chi connectivity index (χ1) is 9.72. The molecule has 0 aliphatic rings. The number of nitrogens with one attached hydrogen (secondary N) is 2. The molecule has 0 saturated carbocycles. The molecular formula is C17H19N3. The third-order valence-electron chi connectivity index (χ3n) is 3.54. The molecule has 0 spiro atoms. The van der Waals surface area contributed by atoms with Crippen LogP contribution in [-0.4, -0.2) is 9.97 Å². The van der Waals surface area contributed by atoms with E-state index in [2.05, 4.69) is 53.4 Å². The van der Waals surface area contributed by atoms with Crippen molar-refractivity contribution in [3.8, 4) is 0 Å². The Morgan fingerprint density at radius 2 is 1.90 bits per heavy atom. The summed E-state index contributed by atoms with van der Waals surface area (Å²) in [5.74, 6) is 0.982. The molecule has 0 fully saturated rings. The number of hydrogen-bond acceptors (Lipinski definition) is 2. The maximum atomic E-state index is 4.56. The summed E-state index contributed by atoms with van der Waals surface area (Å²) in [6.07, 6.45) is 0. The Labute approximate surface area is 119 Å². The fourth-order valence-corrected chi connectivity index (χ4v) is 2.45. The molecule has 0 aliphatic heterocycles. The van der Waals surface area contributed by atoms with Gasteiger partial charge in [-0.2, -0.15) is 0 Å². The summed E-state index contributed by atoms with van der Waals surface area (Å²) in [6, 6.07) is 14.7. The molecule has 2 aromatic carbocycles. The maximum absolute atomic E-state index is 4.56. The lowest BCUT2D eigenvalue weighted by molar-refractivity contribution is 0.668. The van der Waals surface area contributed by atoms with E-state index in [1.54, 1.807) is 0 Å². The first kappa shape index (κ1) is 12.9. The van der Waals surface area contributed by atoms with Crippen LogP contribution in [0.4, 0.5) is 0 Å². The van der Waals surface area contributed by atoms with Gasteiger partial charge in [-0.05, 0) is 37.1 Å². The van der Waals surface area contributed by atoms with Crippen molar-refractivity contribution in [3.63, 3.8) is 0 Å². The number of aryl methyl sites for hydroxylation is 2. The van der Waals surface area contributed by atoms with Gasteiger partial charge in [0.15, 0.2) is 0 Å². The van der Waals surface area contributed by atoms with Crippen LogP contribution in [0.3, 0.4) is 0 Å². The van der Waals surface area contributed by atoms with Crippen molar-refractivity contribution in [1.29, 1.82) is 0 Å². The normalized spacial score (nSPS) is 11.1. The van der Waals surface area contributed by atoms with Gasteiger partial charge in [0.2, 0.25) is 0 Å². The minimum Gasteiger partial charge on any atom is -0.341 e. The van der Waals surface area contributed by atoms with Crippen molar-refractivity contribution in [2.45, 2.75) is 26.9 Å². The zero-order chi connectivity index (χ0) is 13.9.